The Morgan fingerprint density at radius 3 is 2.80 bits per heavy atom. The van der Waals surface area contributed by atoms with Crippen LogP contribution in [-0.4, -0.2) is 35.6 Å². The Kier molecular flexibility index (Phi) is 5.98. The number of alkyl halides is 2. The van der Waals surface area contributed by atoms with Crippen LogP contribution < -0.4 is 14.9 Å². The maximum atomic E-state index is 13.7. The fourth-order valence-electron chi connectivity index (χ4n) is 1.92. The summed E-state index contributed by atoms with van der Waals surface area (Å²) in [6, 6.07) is 3.66. The molecule has 0 unspecified atom stereocenters. The summed E-state index contributed by atoms with van der Waals surface area (Å²) in [5.74, 6) is -1.45. The van der Waals surface area contributed by atoms with Crippen LogP contribution in [-0.2, 0) is 6.54 Å². The maximum absolute atomic E-state index is 13.7. The summed E-state index contributed by atoms with van der Waals surface area (Å²) in [6.07, 6.45) is 2.38. The molecular formula is C15H15F3N4O3. The molecule has 0 bridgehead atoms. The van der Waals surface area contributed by atoms with E-state index >= 15 is 0 Å². The Bertz CT molecular complexity index is 777. The minimum absolute atomic E-state index is 0.0350. The van der Waals surface area contributed by atoms with E-state index in [0.29, 0.717) is 6.54 Å². The van der Waals surface area contributed by atoms with Gasteiger partial charge in [0.15, 0.2) is 11.5 Å². The van der Waals surface area contributed by atoms with E-state index in [9.17, 15) is 18.0 Å². The zero-order chi connectivity index (χ0) is 18.4. The predicted octanol–water partition coefficient (Wildman–Crippen LogP) is 2.42. The van der Waals surface area contributed by atoms with Crippen LogP contribution >= 0.6 is 0 Å². The van der Waals surface area contributed by atoms with Gasteiger partial charge in [-0.3, -0.25) is 4.79 Å². The zero-order valence-electron chi connectivity index (χ0n) is 13.4. The average molecular weight is 356 g/mol. The van der Waals surface area contributed by atoms with Crippen LogP contribution in [0.4, 0.5) is 13.2 Å². The number of carbonyl (C=O) groups is 1. The summed E-state index contributed by atoms with van der Waals surface area (Å²) >= 11 is 0. The second-order valence-corrected chi connectivity index (χ2v) is 4.65. The monoisotopic (exact) mass is 356 g/mol. The van der Waals surface area contributed by atoms with Crippen LogP contribution in [0, 0.1) is 5.95 Å². The predicted molar refractivity (Wildman–Crippen MR) is 82.5 cm³/mol. The third-order valence-corrected chi connectivity index (χ3v) is 3.11. The third kappa shape index (κ3) is 4.49. The van der Waals surface area contributed by atoms with Crippen molar-refractivity contribution in [1.82, 2.24) is 15.2 Å². The fraction of sp³-hybridized carbons (Fsp3) is 0.267. The summed E-state index contributed by atoms with van der Waals surface area (Å²) in [7, 11) is 1.25. The third-order valence-electron chi connectivity index (χ3n) is 3.11. The van der Waals surface area contributed by atoms with Gasteiger partial charge in [-0.05, 0) is 25.1 Å². The molecule has 1 amide bonds. The number of nitrogens with one attached hydrogen (secondary N) is 1. The molecule has 1 N–H and O–H groups in total. The van der Waals surface area contributed by atoms with Gasteiger partial charge in [-0.2, -0.15) is 23.4 Å². The molecule has 1 aromatic carbocycles. The molecular weight excluding hydrogens is 341 g/mol. The normalized spacial score (nSPS) is 11.1. The number of rotatable bonds is 7. The summed E-state index contributed by atoms with van der Waals surface area (Å²) in [5.41, 5.74) is 2.40. The molecule has 7 nitrogen and oxygen atoms in total. The maximum Gasteiger partial charge on any atom is 0.387 e. The highest BCUT2D eigenvalue weighted by atomic mass is 19.3. The van der Waals surface area contributed by atoms with E-state index in [4.69, 9.17) is 4.74 Å². The number of aromatic nitrogens is 2. The summed E-state index contributed by atoms with van der Waals surface area (Å²) in [5, 5.41) is 7.43. The van der Waals surface area contributed by atoms with E-state index in [1.165, 1.54) is 31.5 Å². The minimum atomic E-state index is -3.02. The van der Waals surface area contributed by atoms with Crippen LogP contribution in [0.3, 0.4) is 0 Å². The van der Waals surface area contributed by atoms with E-state index in [2.05, 4.69) is 20.4 Å². The van der Waals surface area contributed by atoms with Crippen LogP contribution in [0.5, 0.6) is 11.5 Å². The van der Waals surface area contributed by atoms with Gasteiger partial charge in [0, 0.05) is 12.1 Å². The Hall–Kier alpha value is -3.04. The Morgan fingerprint density at radius 1 is 1.44 bits per heavy atom. The summed E-state index contributed by atoms with van der Waals surface area (Å²) < 4.78 is 48.6. The quantitative estimate of drug-likeness (QED) is 0.610. The van der Waals surface area contributed by atoms with Crippen molar-refractivity contribution < 1.29 is 27.4 Å². The molecule has 0 spiro atoms. The highest BCUT2D eigenvalue weighted by molar-refractivity contribution is 5.95. The molecule has 10 heteroatoms. The SMILES string of the molecule is CCn1ncc(C=NNC(=O)c2ccc(OC(F)F)c(OC)c2)c1F. The summed E-state index contributed by atoms with van der Waals surface area (Å²) in [4.78, 5) is 12.0. The smallest absolute Gasteiger partial charge is 0.387 e. The number of nitrogens with zero attached hydrogens (tertiary/aromatic N) is 3. The lowest BCUT2D eigenvalue weighted by molar-refractivity contribution is -0.0512. The topological polar surface area (TPSA) is 77.7 Å². The molecule has 0 atom stereocenters. The second-order valence-electron chi connectivity index (χ2n) is 4.65. The lowest BCUT2D eigenvalue weighted by Gasteiger charge is -2.10. The second kappa shape index (κ2) is 8.18. The zero-order valence-corrected chi connectivity index (χ0v) is 13.4. The van der Waals surface area contributed by atoms with Gasteiger partial charge in [0.1, 0.15) is 0 Å². The molecule has 2 rings (SSSR count). The van der Waals surface area contributed by atoms with Gasteiger partial charge in [-0.1, -0.05) is 0 Å². The number of benzene rings is 1. The molecule has 0 aliphatic rings. The molecule has 0 fully saturated rings. The van der Waals surface area contributed by atoms with Crippen LogP contribution in [0.1, 0.15) is 22.8 Å². The van der Waals surface area contributed by atoms with Crippen molar-refractivity contribution in [3.05, 3.63) is 41.5 Å². The molecule has 0 radical (unpaired) electrons. The molecule has 1 heterocycles. The Labute approximate surface area is 141 Å². The molecule has 2 aromatic rings. The number of aryl methyl sites for hydroxylation is 1. The Morgan fingerprint density at radius 2 is 2.20 bits per heavy atom. The van der Waals surface area contributed by atoms with Gasteiger partial charge in [-0.25, -0.2) is 10.1 Å². The number of hydrogen-bond acceptors (Lipinski definition) is 5. The van der Waals surface area contributed by atoms with Crippen LogP contribution in [0.2, 0.25) is 0 Å². The van der Waals surface area contributed by atoms with Crippen LogP contribution in [0.25, 0.3) is 0 Å². The van der Waals surface area contributed by atoms with E-state index in [1.807, 2.05) is 0 Å². The molecule has 25 heavy (non-hydrogen) atoms. The van der Waals surface area contributed by atoms with E-state index in [0.717, 1.165) is 10.9 Å². The van der Waals surface area contributed by atoms with Crippen molar-refractivity contribution >= 4 is 12.1 Å². The standard InChI is InChI=1S/C15H15F3N4O3/c1-3-22-13(16)10(8-20-22)7-19-21-14(23)9-4-5-11(25-15(17)18)12(6-9)24-2/h4-8,15H,3H2,1-2H3,(H,21,23). The van der Waals surface area contributed by atoms with E-state index in [-0.39, 0.29) is 22.6 Å². The van der Waals surface area contributed by atoms with Crippen molar-refractivity contribution in [2.75, 3.05) is 7.11 Å². The van der Waals surface area contributed by atoms with Crippen molar-refractivity contribution in [1.29, 1.82) is 0 Å². The van der Waals surface area contributed by atoms with Crippen LogP contribution in [0.15, 0.2) is 29.5 Å². The minimum Gasteiger partial charge on any atom is -0.493 e. The fourth-order valence-corrected chi connectivity index (χ4v) is 1.92. The van der Waals surface area contributed by atoms with Gasteiger partial charge in [-0.15, -0.1) is 0 Å². The molecule has 0 aliphatic carbocycles. The number of halogens is 3. The number of carbonyl (C=O) groups excluding carboxylic acids is 1. The molecule has 0 aliphatic heterocycles. The van der Waals surface area contributed by atoms with E-state index in [1.54, 1.807) is 6.92 Å². The van der Waals surface area contributed by atoms with Gasteiger partial charge in [0.2, 0.25) is 5.95 Å². The van der Waals surface area contributed by atoms with Crippen molar-refractivity contribution in [3.63, 3.8) is 0 Å². The first-order valence-corrected chi connectivity index (χ1v) is 7.13. The largest absolute Gasteiger partial charge is 0.493 e. The molecule has 134 valence electrons. The van der Waals surface area contributed by atoms with Gasteiger partial charge < -0.3 is 9.47 Å². The molecule has 1 aromatic heterocycles. The summed E-state index contributed by atoms with van der Waals surface area (Å²) in [6.45, 7) is -0.927. The van der Waals surface area contributed by atoms with Crippen molar-refractivity contribution in [2.24, 2.45) is 5.10 Å². The average Bonchev–Trinajstić information content (AvgIpc) is 2.94. The van der Waals surface area contributed by atoms with Gasteiger partial charge >= 0.3 is 6.61 Å². The number of ether oxygens (including phenoxy) is 2. The van der Waals surface area contributed by atoms with Crippen molar-refractivity contribution in [2.45, 2.75) is 20.1 Å². The molecule has 0 saturated carbocycles. The highest BCUT2D eigenvalue weighted by Crippen LogP contribution is 2.29. The first kappa shape index (κ1) is 18.3. The lowest BCUT2D eigenvalue weighted by atomic mass is 10.2. The van der Waals surface area contributed by atoms with Gasteiger partial charge in [0.25, 0.3) is 5.91 Å². The van der Waals surface area contributed by atoms with Crippen molar-refractivity contribution in [3.8, 4) is 11.5 Å². The number of amides is 1. The van der Waals surface area contributed by atoms with E-state index < -0.39 is 18.5 Å². The van der Waals surface area contributed by atoms with Gasteiger partial charge in [0.05, 0.1) is 25.1 Å². The molecule has 0 saturated heterocycles. The number of hydrazone groups is 1. The first-order valence-electron chi connectivity index (χ1n) is 7.13. The highest BCUT2D eigenvalue weighted by Gasteiger charge is 2.14. The number of methoxy groups -OCH3 is 1. The Balaban J connectivity index is 2.07. The first-order chi connectivity index (χ1) is 12.0. The number of hydrogen-bond donors (Lipinski definition) is 1. The lowest BCUT2D eigenvalue weighted by Crippen LogP contribution is -2.18.